The van der Waals surface area contributed by atoms with E-state index in [2.05, 4.69) is 6.58 Å². The van der Waals surface area contributed by atoms with Gasteiger partial charge in [-0.3, -0.25) is 4.79 Å². The van der Waals surface area contributed by atoms with Crippen molar-refractivity contribution in [1.29, 1.82) is 0 Å². The van der Waals surface area contributed by atoms with Gasteiger partial charge in [-0.05, 0) is 19.3 Å². The Morgan fingerprint density at radius 1 is 1.42 bits per heavy atom. The van der Waals surface area contributed by atoms with E-state index in [1.165, 1.54) is 0 Å². The second kappa shape index (κ2) is 4.06. The van der Waals surface area contributed by atoms with Gasteiger partial charge in [0.15, 0.2) is 0 Å². The molecular formula is C15H22O4. The molecule has 0 spiro atoms. The summed E-state index contributed by atoms with van der Waals surface area (Å²) in [5.41, 5.74) is 0.622. The third-order valence-corrected chi connectivity index (χ3v) is 5.65. The predicted octanol–water partition coefficient (Wildman–Crippen LogP) is 1.26. The zero-order valence-electron chi connectivity index (χ0n) is 11.5. The molecule has 4 nitrogen and oxygen atoms in total. The van der Waals surface area contributed by atoms with E-state index in [1.807, 2.05) is 13.8 Å². The van der Waals surface area contributed by atoms with Crippen molar-refractivity contribution in [2.75, 3.05) is 0 Å². The average molecular weight is 266 g/mol. The number of aliphatic hydroxyl groups is 2. The summed E-state index contributed by atoms with van der Waals surface area (Å²) in [5.74, 6) is -0.686. The van der Waals surface area contributed by atoms with Gasteiger partial charge in [0.1, 0.15) is 6.10 Å². The van der Waals surface area contributed by atoms with E-state index in [0.717, 1.165) is 12.0 Å². The Labute approximate surface area is 113 Å². The highest BCUT2D eigenvalue weighted by Gasteiger charge is 2.61. The highest BCUT2D eigenvalue weighted by molar-refractivity contribution is 5.75. The van der Waals surface area contributed by atoms with E-state index in [1.54, 1.807) is 0 Å². The predicted molar refractivity (Wildman–Crippen MR) is 69.1 cm³/mol. The molecule has 0 aromatic rings. The molecule has 0 radical (unpaired) electrons. The molecule has 3 rings (SSSR count). The van der Waals surface area contributed by atoms with Gasteiger partial charge in [0.25, 0.3) is 0 Å². The molecule has 3 fully saturated rings. The summed E-state index contributed by atoms with van der Waals surface area (Å²) in [6.45, 7) is 7.94. The van der Waals surface area contributed by atoms with Crippen LogP contribution in [0.15, 0.2) is 12.2 Å². The number of hydrogen-bond acceptors (Lipinski definition) is 4. The molecule has 4 heteroatoms. The number of ether oxygens (including phenoxy) is 1. The van der Waals surface area contributed by atoms with Crippen molar-refractivity contribution in [3.05, 3.63) is 12.2 Å². The van der Waals surface area contributed by atoms with E-state index >= 15 is 0 Å². The van der Waals surface area contributed by atoms with E-state index in [4.69, 9.17) is 4.74 Å². The lowest BCUT2D eigenvalue weighted by Crippen LogP contribution is -2.57. The first-order valence-corrected chi connectivity index (χ1v) is 7.10. The summed E-state index contributed by atoms with van der Waals surface area (Å²) < 4.78 is 5.53. The summed E-state index contributed by atoms with van der Waals surface area (Å²) in [7, 11) is 0. The molecule has 0 bridgehead atoms. The molecule has 19 heavy (non-hydrogen) atoms. The van der Waals surface area contributed by atoms with Crippen LogP contribution in [0.2, 0.25) is 0 Å². The molecule has 3 aliphatic rings. The highest BCUT2D eigenvalue weighted by Crippen LogP contribution is 2.57. The number of carbonyl (C=O) groups is 1. The van der Waals surface area contributed by atoms with Gasteiger partial charge in [0.2, 0.25) is 0 Å². The second-order valence-electron chi connectivity index (χ2n) is 6.74. The van der Waals surface area contributed by atoms with Gasteiger partial charge in [-0.1, -0.05) is 26.0 Å². The topological polar surface area (TPSA) is 66.8 Å². The van der Waals surface area contributed by atoms with Gasteiger partial charge in [-0.2, -0.15) is 0 Å². The molecule has 2 saturated carbocycles. The largest absolute Gasteiger partial charge is 0.461 e. The minimum absolute atomic E-state index is 0.0291. The molecular weight excluding hydrogens is 244 g/mol. The van der Waals surface area contributed by atoms with Gasteiger partial charge in [0.05, 0.1) is 18.1 Å². The average Bonchev–Trinajstić information content (AvgIpc) is 2.61. The number of fused-ring (bicyclic) bond motifs is 3. The third-order valence-electron chi connectivity index (χ3n) is 5.65. The van der Waals surface area contributed by atoms with Gasteiger partial charge in [-0.15, -0.1) is 0 Å². The fraction of sp³-hybridized carbons (Fsp3) is 0.800. The Morgan fingerprint density at radius 2 is 2.11 bits per heavy atom. The maximum atomic E-state index is 11.8. The number of esters is 1. The van der Waals surface area contributed by atoms with Crippen molar-refractivity contribution < 1.29 is 19.7 Å². The maximum Gasteiger partial charge on any atom is 0.309 e. The number of aliphatic hydroxyl groups excluding tert-OH is 2. The molecule has 0 amide bonds. The third kappa shape index (κ3) is 1.62. The van der Waals surface area contributed by atoms with Crippen molar-refractivity contribution in [3.63, 3.8) is 0 Å². The van der Waals surface area contributed by atoms with Crippen molar-refractivity contribution in [2.24, 2.45) is 23.2 Å². The summed E-state index contributed by atoms with van der Waals surface area (Å²) >= 11 is 0. The van der Waals surface area contributed by atoms with Gasteiger partial charge in [0, 0.05) is 17.3 Å². The number of carbonyl (C=O) groups excluding carboxylic acids is 1. The lowest BCUT2D eigenvalue weighted by Gasteiger charge is -2.54. The van der Waals surface area contributed by atoms with Crippen LogP contribution >= 0.6 is 0 Å². The van der Waals surface area contributed by atoms with Crippen LogP contribution in [0.1, 0.15) is 33.1 Å². The van der Waals surface area contributed by atoms with Crippen molar-refractivity contribution in [2.45, 2.75) is 51.4 Å². The smallest absolute Gasteiger partial charge is 0.309 e. The van der Waals surface area contributed by atoms with Crippen molar-refractivity contribution in [3.8, 4) is 0 Å². The normalized spacial score (nSPS) is 53.5. The van der Waals surface area contributed by atoms with Crippen LogP contribution in [0.25, 0.3) is 0 Å². The van der Waals surface area contributed by atoms with Crippen LogP contribution in [0.4, 0.5) is 0 Å². The van der Waals surface area contributed by atoms with E-state index in [0.29, 0.717) is 12.8 Å². The molecule has 0 aromatic carbocycles. The molecule has 7 atom stereocenters. The van der Waals surface area contributed by atoms with Gasteiger partial charge >= 0.3 is 5.97 Å². The molecule has 106 valence electrons. The van der Waals surface area contributed by atoms with Crippen LogP contribution < -0.4 is 0 Å². The van der Waals surface area contributed by atoms with Crippen LogP contribution in [0.5, 0.6) is 0 Å². The Bertz CT molecular complexity index is 432. The summed E-state index contributed by atoms with van der Waals surface area (Å²) in [6.07, 6.45) is 0.590. The quantitative estimate of drug-likeness (QED) is 0.512. The van der Waals surface area contributed by atoms with Gasteiger partial charge < -0.3 is 14.9 Å². The van der Waals surface area contributed by atoms with Crippen LogP contribution in [-0.4, -0.2) is 34.5 Å². The van der Waals surface area contributed by atoms with E-state index < -0.39 is 17.6 Å². The Hall–Kier alpha value is -0.870. The van der Waals surface area contributed by atoms with E-state index in [-0.39, 0.29) is 29.8 Å². The lowest BCUT2D eigenvalue weighted by molar-refractivity contribution is -0.161. The standard InChI is InChI=1S/C15H22O4/c1-7-4-5-10(17)15(3)6-9(16)11-8(2)14(18)19-13(11)12(7)15/h8-13,16-17H,1,4-6H2,2-3H3/t8-,9-,10+,11+,12+,13-,15-/m0/s1. The highest BCUT2D eigenvalue weighted by atomic mass is 16.6. The Kier molecular flexibility index (Phi) is 2.81. The molecule has 0 aromatic heterocycles. The van der Waals surface area contributed by atoms with E-state index in [9.17, 15) is 15.0 Å². The lowest BCUT2D eigenvalue weighted by atomic mass is 9.53. The molecule has 0 unspecified atom stereocenters. The molecule has 2 N–H and O–H groups in total. The summed E-state index contributed by atoms with van der Waals surface area (Å²) in [6, 6.07) is 0. The molecule has 1 aliphatic heterocycles. The van der Waals surface area contributed by atoms with Crippen LogP contribution in [-0.2, 0) is 9.53 Å². The second-order valence-corrected chi connectivity index (χ2v) is 6.74. The monoisotopic (exact) mass is 266 g/mol. The summed E-state index contributed by atoms with van der Waals surface area (Å²) in [5, 5.41) is 20.8. The van der Waals surface area contributed by atoms with Crippen molar-refractivity contribution >= 4 is 5.97 Å². The maximum absolute atomic E-state index is 11.8. The van der Waals surface area contributed by atoms with Crippen molar-refractivity contribution in [1.82, 2.24) is 0 Å². The number of rotatable bonds is 0. The zero-order valence-corrected chi connectivity index (χ0v) is 11.5. The fourth-order valence-electron chi connectivity index (χ4n) is 4.54. The van der Waals surface area contributed by atoms with Crippen LogP contribution in [0, 0.1) is 23.2 Å². The fourth-order valence-corrected chi connectivity index (χ4v) is 4.54. The van der Waals surface area contributed by atoms with Crippen LogP contribution in [0.3, 0.4) is 0 Å². The first-order valence-electron chi connectivity index (χ1n) is 7.10. The Morgan fingerprint density at radius 3 is 2.79 bits per heavy atom. The Balaban J connectivity index is 2.02. The molecule has 1 saturated heterocycles. The SMILES string of the molecule is C=C1CC[C@@H](O)[C@]2(C)C[C@H](O)[C@@H]3[C@H](OC(=O)[C@H]3C)[C@@H]12. The minimum Gasteiger partial charge on any atom is -0.461 e. The summed E-state index contributed by atoms with van der Waals surface area (Å²) in [4.78, 5) is 11.8. The molecule has 1 heterocycles. The minimum atomic E-state index is -0.590. The van der Waals surface area contributed by atoms with Gasteiger partial charge in [-0.25, -0.2) is 0 Å². The molecule has 2 aliphatic carbocycles. The number of hydrogen-bond donors (Lipinski definition) is 2. The zero-order chi connectivity index (χ0) is 13.9. The first kappa shape index (κ1) is 13.1. The first-order chi connectivity index (χ1) is 8.86.